The number of hydrogen-bond donors (Lipinski definition) is 2. The molecule has 1 aromatic heterocycles. The highest BCUT2D eigenvalue weighted by Gasteiger charge is 2.16. The quantitative estimate of drug-likeness (QED) is 0.640. The molecule has 2 N–H and O–H groups in total. The maximum absolute atomic E-state index is 12.4. The maximum atomic E-state index is 12.4. The highest BCUT2D eigenvalue weighted by Crippen LogP contribution is 2.21. The third-order valence-corrected chi connectivity index (χ3v) is 4.15. The SMILES string of the molecule is Cc1cnn(CCCNC(=O)NC(c2ccccc2)c2ccccc2)c1. The van der Waals surface area contributed by atoms with E-state index in [1.54, 1.807) is 0 Å². The van der Waals surface area contributed by atoms with Crippen LogP contribution in [-0.4, -0.2) is 22.4 Å². The van der Waals surface area contributed by atoms with E-state index in [2.05, 4.69) is 15.7 Å². The van der Waals surface area contributed by atoms with E-state index >= 15 is 0 Å². The molecule has 0 fully saturated rings. The van der Waals surface area contributed by atoms with Crippen LogP contribution in [0.1, 0.15) is 29.2 Å². The van der Waals surface area contributed by atoms with Gasteiger partial charge in [0.2, 0.25) is 0 Å². The van der Waals surface area contributed by atoms with E-state index in [-0.39, 0.29) is 12.1 Å². The Kier molecular flexibility index (Phi) is 6.04. The number of aromatic nitrogens is 2. The first-order valence-electron chi connectivity index (χ1n) is 8.86. The van der Waals surface area contributed by atoms with Crippen molar-refractivity contribution in [3.63, 3.8) is 0 Å². The number of benzene rings is 2. The molecule has 0 radical (unpaired) electrons. The molecule has 26 heavy (non-hydrogen) atoms. The number of aryl methyl sites for hydroxylation is 2. The van der Waals surface area contributed by atoms with E-state index in [1.807, 2.05) is 84.7 Å². The van der Waals surface area contributed by atoms with Gasteiger partial charge in [0, 0.05) is 19.3 Å². The van der Waals surface area contributed by atoms with E-state index in [4.69, 9.17) is 0 Å². The van der Waals surface area contributed by atoms with Crippen LogP contribution in [0.3, 0.4) is 0 Å². The fourth-order valence-corrected chi connectivity index (χ4v) is 2.86. The summed E-state index contributed by atoms with van der Waals surface area (Å²) in [5.41, 5.74) is 3.26. The molecule has 1 heterocycles. The Morgan fingerprint density at radius 3 is 2.19 bits per heavy atom. The molecule has 0 spiro atoms. The van der Waals surface area contributed by atoms with Crippen molar-refractivity contribution in [3.05, 3.63) is 89.7 Å². The first-order valence-corrected chi connectivity index (χ1v) is 8.86. The second-order valence-corrected chi connectivity index (χ2v) is 6.29. The lowest BCUT2D eigenvalue weighted by Gasteiger charge is -2.20. The Morgan fingerprint density at radius 2 is 1.65 bits per heavy atom. The Balaban J connectivity index is 1.55. The van der Waals surface area contributed by atoms with Gasteiger partial charge in [-0.1, -0.05) is 60.7 Å². The normalized spacial score (nSPS) is 10.7. The van der Waals surface area contributed by atoms with Crippen molar-refractivity contribution in [3.8, 4) is 0 Å². The molecular weight excluding hydrogens is 324 g/mol. The summed E-state index contributed by atoms with van der Waals surface area (Å²) >= 11 is 0. The molecule has 0 atom stereocenters. The van der Waals surface area contributed by atoms with E-state index in [9.17, 15) is 4.79 Å². The Morgan fingerprint density at radius 1 is 1.04 bits per heavy atom. The molecule has 3 aromatic rings. The van der Waals surface area contributed by atoms with Gasteiger partial charge >= 0.3 is 6.03 Å². The Labute approximate surface area is 154 Å². The van der Waals surface area contributed by atoms with Crippen LogP contribution in [0.25, 0.3) is 0 Å². The van der Waals surface area contributed by atoms with Gasteiger partial charge in [-0.2, -0.15) is 5.10 Å². The smallest absolute Gasteiger partial charge is 0.315 e. The second kappa shape index (κ2) is 8.85. The van der Waals surface area contributed by atoms with Gasteiger partial charge in [0.1, 0.15) is 0 Å². The predicted octanol–water partition coefficient (Wildman–Crippen LogP) is 3.67. The maximum Gasteiger partial charge on any atom is 0.315 e. The van der Waals surface area contributed by atoms with Gasteiger partial charge in [0.05, 0.1) is 12.2 Å². The number of carbonyl (C=O) groups excluding carboxylic acids is 1. The minimum absolute atomic E-state index is 0.167. The van der Waals surface area contributed by atoms with Crippen LogP contribution in [0.5, 0.6) is 0 Å². The summed E-state index contributed by atoms with van der Waals surface area (Å²) in [6.07, 6.45) is 4.67. The van der Waals surface area contributed by atoms with Crippen LogP contribution in [0.2, 0.25) is 0 Å². The monoisotopic (exact) mass is 348 g/mol. The zero-order chi connectivity index (χ0) is 18.2. The van der Waals surface area contributed by atoms with Crippen molar-refractivity contribution >= 4 is 6.03 Å². The van der Waals surface area contributed by atoms with E-state index in [0.717, 1.165) is 29.7 Å². The highest BCUT2D eigenvalue weighted by molar-refractivity contribution is 5.75. The van der Waals surface area contributed by atoms with Crippen molar-refractivity contribution in [2.24, 2.45) is 0 Å². The second-order valence-electron chi connectivity index (χ2n) is 6.29. The van der Waals surface area contributed by atoms with Crippen molar-refractivity contribution < 1.29 is 4.79 Å². The zero-order valence-corrected chi connectivity index (χ0v) is 14.9. The highest BCUT2D eigenvalue weighted by atomic mass is 16.2. The average Bonchev–Trinajstić information content (AvgIpc) is 3.10. The summed E-state index contributed by atoms with van der Waals surface area (Å²) in [5.74, 6) is 0. The van der Waals surface area contributed by atoms with Crippen LogP contribution in [0.15, 0.2) is 73.1 Å². The van der Waals surface area contributed by atoms with Crippen molar-refractivity contribution in [2.45, 2.75) is 25.9 Å². The molecule has 0 saturated heterocycles. The minimum Gasteiger partial charge on any atom is -0.338 e. The zero-order valence-electron chi connectivity index (χ0n) is 14.9. The van der Waals surface area contributed by atoms with Crippen LogP contribution in [-0.2, 0) is 6.54 Å². The summed E-state index contributed by atoms with van der Waals surface area (Å²) < 4.78 is 1.89. The van der Waals surface area contributed by atoms with Crippen LogP contribution < -0.4 is 10.6 Å². The summed E-state index contributed by atoms with van der Waals surface area (Å²) in [5, 5.41) is 10.3. The molecule has 5 nitrogen and oxygen atoms in total. The molecule has 0 aliphatic rings. The number of rotatable bonds is 7. The van der Waals surface area contributed by atoms with Crippen LogP contribution in [0.4, 0.5) is 4.79 Å². The Hall–Kier alpha value is -3.08. The lowest BCUT2D eigenvalue weighted by molar-refractivity contribution is 0.238. The molecule has 5 heteroatoms. The first-order chi connectivity index (χ1) is 12.7. The van der Waals surface area contributed by atoms with Crippen molar-refractivity contribution in [1.29, 1.82) is 0 Å². The molecule has 0 unspecified atom stereocenters. The number of nitrogens with zero attached hydrogens (tertiary/aromatic N) is 2. The van der Waals surface area contributed by atoms with Gasteiger partial charge < -0.3 is 10.6 Å². The third kappa shape index (κ3) is 4.96. The topological polar surface area (TPSA) is 59.0 Å². The molecule has 134 valence electrons. The molecule has 0 aliphatic carbocycles. The molecule has 2 amide bonds. The molecular formula is C21H24N4O. The Bertz CT molecular complexity index is 775. The molecule has 3 rings (SSSR count). The van der Waals surface area contributed by atoms with Gasteiger partial charge in [-0.05, 0) is 30.0 Å². The summed E-state index contributed by atoms with van der Waals surface area (Å²) in [4.78, 5) is 12.4. The first kappa shape index (κ1) is 17.7. The third-order valence-electron chi connectivity index (χ3n) is 4.15. The van der Waals surface area contributed by atoms with E-state index in [0.29, 0.717) is 6.54 Å². The molecule has 2 aromatic carbocycles. The van der Waals surface area contributed by atoms with Crippen molar-refractivity contribution in [1.82, 2.24) is 20.4 Å². The van der Waals surface area contributed by atoms with Crippen molar-refractivity contribution in [2.75, 3.05) is 6.54 Å². The van der Waals surface area contributed by atoms with Gasteiger partial charge in [-0.25, -0.2) is 4.79 Å². The number of nitrogens with one attached hydrogen (secondary N) is 2. The number of amides is 2. The molecule has 0 aliphatic heterocycles. The van der Waals surface area contributed by atoms with Gasteiger partial charge in [-0.3, -0.25) is 4.68 Å². The van der Waals surface area contributed by atoms with Gasteiger partial charge in [0.15, 0.2) is 0 Å². The van der Waals surface area contributed by atoms with Crippen LogP contribution >= 0.6 is 0 Å². The lowest BCUT2D eigenvalue weighted by Crippen LogP contribution is -2.39. The van der Waals surface area contributed by atoms with Gasteiger partial charge in [-0.15, -0.1) is 0 Å². The number of carbonyl (C=O) groups is 1. The predicted molar refractivity (Wildman–Crippen MR) is 103 cm³/mol. The molecule has 0 saturated carbocycles. The number of urea groups is 1. The number of hydrogen-bond acceptors (Lipinski definition) is 2. The fourth-order valence-electron chi connectivity index (χ4n) is 2.86. The minimum atomic E-state index is -0.175. The van der Waals surface area contributed by atoms with Crippen LogP contribution in [0, 0.1) is 6.92 Å². The standard InChI is InChI=1S/C21H24N4O/c1-17-15-23-25(16-17)14-8-13-22-21(26)24-20(18-9-4-2-5-10-18)19-11-6-3-7-12-19/h2-7,9-12,15-16,20H,8,13-14H2,1H3,(H2,22,24,26). The lowest BCUT2D eigenvalue weighted by atomic mass is 9.99. The largest absolute Gasteiger partial charge is 0.338 e. The van der Waals surface area contributed by atoms with Gasteiger partial charge in [0.25, 0.3) is 0 Å². The molecule has 0 bridgehead atoms. The average molecular weight is 348 g/mol. The van der Waals surface area contributed by atoms with E-state index < -0.39 is 0 Å². The van der Waals surface area contributed by atoms with E-state index in [1.165, 1.54) is 0 Å². The summed E-state index contributed by atoms with van der Waals surface area (Å²) in [6, 6.07) is 19.6. The fraction of sp³-hybridized carbons (Fsp3) is 0.238. The summed E-state index contributed by atoms with van der Waals surface area (Å²) in [7, 11) is 0. The summed E-state index contributed by atoms with van der Waals surface area (Å²) in [6.45, 7) is 3.40.